The zero-order valence-corrected chi connectivity index (χ0v) is 23.4. The largest absolute Gasteiger partial charge is 0.481 e. The van der Waals surface area contributed by atoms with Crippen molar-refractivity contribution in [2.45, 2.75) is 52.2 Å². The molecule has 3 N–H and O–H groups in total. The first-order valence-corrected chi connectivity index (χ1v) is 14.4. The lowest BCUT2D eigenvalue weighted by Gasteiger charge is -2.44. The highest BCUT2D eigenvalue weighted by Crippen LogP contribution is 2.27. The molecule has 11 nitrogen and oxygen atoms in total. The van der Waals surface area contributed by atoms with Crippen LogP contribution < -0.4 is 10.6 Å². The molecule has 4 atom stereocenters. The maximum atomic E-state index is 13.6. The Labute approximate surface area is 227 Å². The summed E-state index contributed by atoms with van der Waals surface area (Å²) in [6.45, 7) is 6.98. The van der Waals surface area contributed by atoms with Gasteiger partial charge in [0.1, 0.15) is 17.8 Å². The second kappa shape index (κ2) is 11.5. The molecule has 2 aromatic rings. The Kier molecular flexibility index (Phi) is 8.79. The molecular weight excluding hydrogens is 524 g/mol. The lowest BCUT2D eigenvalue weighted by atomic mass is 9.84. The van der Waals surface area contributed by atoms with E-state index in [1.165, 1.54) is 11.8 Å². The van der Waals surface area contributed by atoms with Crippen LogP contribution in [0.15, 0.2) is 47.9 Å². The van der Waals surface area contributed by atoms with Gasteiger partial charge in [0.25, 0.3) is 5.91 Å². The monoisotopic (exact) mass is 558 g/mol. The molecule has 1 aliphatic heterocycles. The van der Waals surface area contributed by atoms with Gasteiger partial charge in [0.15, 0.2) is 9.84 Å². The summed E-state index contributed by atoms with van der Waals surface area (Å²) in [5, 5.41) is 16.4. The Morgan fingerprint density at radius 1 is 1.10 bits per heavy atom. The van der Waals surface area contributed by atoms with Crippen LogP contribution in [0, 0.1) is 11.3 Å². The minimum atomic E-state index is -3.56. The molecule has 1 aromatic carbocycles. The number of hydrogen-bond donors (Lipinski definition) is 3. The molecular formula is C27H34N4O7S. The van der Waals surface area contributed by atoms with E-state index in [9.17, 15) is 32.7 Å². The summed E-state index contributed by atoms with van der Waals surface area (Å²) in [6, 6.07) is 7.70. The molecule has 0 radical (unpaired) electrons. The number of aliphatic carboxylic acids is 1. The summed E-state index contributed by atoms with van der Waals surface area (Å²) in [6.07, 6.45) is 2.40. The Balaban J connectivity index is 1.77. The number of amides is 3. The van der Waals surface area contributed by atoms with Gasteiger partial charge in [-0.15, -0.1) is 0 Å². The molecule has 3 amide bonds. The SMILES string of the molecule is C[C@@H](C(=O)O)[C@@H](/C=C/S(C)(=O)=O)NC(=O)[C@H]1CCN1C(=O)[C@@H](NC(=O)c1ccc2ccccc2n1)C(C)(C)C. The van der Waals surface area contributed by atoms with Gasteiger partial charge in [-0.1, -0.05) is 51.1 Å². The standard InChI is InChI=1S/C27H34N4O7S/c1-16(26(35)36)18(13-15-39(5,37)38)29-24(33)21-12-14-31(21)25(34)22(27(2,3)4)30-23(32)20-11-10-17-8-6-7-9-19(17)28-20/h6-11,13,15-16,18,21-22H,12,14H2,1-5H3,(H,29,33)(H,30,32)(H,35,36)/b15-13+/t16-,18-,21-,22-/m1/s1. The number of nitrogens with zero attached hydrogens (tertiary/aromatic N) is 2. The third kappa shape index (κ3) is 7.41. The Hall–Kier alpha value is -3.80. The fourth-order valence-electron chi connectivity index (χ4n) is 4.12. The topological polar surface area (TPSA) is 163 Å². The number of rotatable bonds is 9. The molecule has 0 unspecified atom stereocenters. The second-order valence-corrected chi connectivity index (χ2v) is 12.7. The van der Waals surface area contributed by atoms with E-state index >= 15 is 0 Å². The summed E-state index contributed by atoms with van der Waals surface area (Å²) >= 11 is 0. The molecule has 0 saturated carbocycles. The molecule has 39 heavy (non-hydrogen) atoms. The first-order valence-electron chi connectivity index (χ1n) is 12.5. The highest BCUT2D eigenvalue weighted by Gasteiger charge is 2.44. The molecule has 0 bridgehead atoms. The first-order chi connectivity index (χ1) is 18.1. The van der Waals surface area contributed by atoms with Gasteiger partial charge in [0.2, 0.25) is 11.8 Å². The highest BCUT2D eigenvalue weighted by molar-refractivity contribution is 7.93. The van der Waals surface area contributed by atoms with Crippen molar-refractivity contribution in [3.63, 3.8) is 0 Å². The van der Waals surface area contributed by atoms with Crippen molar-refractivity contribution >= 4 is 44.4 Å². The Bertz CT molecular complexity index is 1410. The van der Waals surface area contributed by atoms with E-state index in [2.05, 4.69) is 15.6 Å². The van der Waals surface area contributed by atoms with Gasteiger partial charge in [-0.25, -0.2) is 13.4 Å². The predicted molar refractivity (Wildman–Crippen MR) is 145 cm³/mol. The van der Waals surface area contributed by atoms with E-state index in [4.69, 9.17) is 0 Å². The second-order valence-electron chi connectivity index (χ2n) is 10.8. The van der Waals surface area contributed by atoms with Crippen LogP contribution in [0.3, 0.4) is 0 Å². The summed E-state index contributed by atoms with van der Waals surface area (Å²) in [7, 11) is -3.56. The average molecular weight is 559 g/mol. The number of aromatic nitrogens is 1. The zero-order chi connectivity index (χ0) is 29.1. The highest BCUT2D eigenvalue weighted by atomic mass is 32.2. The molecule has 1 aromatic heterocycles. The third-order valence-corrected chi connectivity index (χ3v) is 7.25. The number of carboxylic acid groups (broad SMARTS) is 1. The van der Waals surface area contributed by atoms with Crippen LogP contribution >= 0.6 is 0 Å². The molecule has 1 aliphatic rings. The van der Waals surface area contributed by atoms with Crippen LogP contribution in [-0.2, 0) is 24.2 Å². The van der Waals surface area contributed by atoms with Gasteiger partial charge in [-0.05, 0) is 30.9 Å². The van der Waals surface area contributed by atoms with E-state index in [0.717, 1.165) is 23.1 Å². The number of carboxylic acids is 1. The fourth-order valence-corrected chi connectivity index (χ4v) is 4.57. The molecule has 1 saturated heterocycles. The number of carbonyl (C=O) groups excluding carboxylic acids is 3. The number of para-hydroxylation sites is 1. The van der Waals surface area contributed by atoms with Crippen LogP contribution in [0.4, 0.5) is 0 Å². The molecule has 12 heteroatoms. The Morgan fingerprint density at radius 3 is 2.33 bits per heavy atom. The van der Waals surface area contributed by atoms with Crippen LogP contribution in [0.5, 0.6) is 0 Å². The summed E-state index contributed by atoms with van der Waals surface area (Å²) in [5.74, 6) is -3.94. The molecule has 210 valence electrons. The zero-order valence-electron chi connectivity index (χ0n) is 22.5. The van der Waals surface area contributed by atoms with E-state index in [0.29, 0.717) is 11.9 Å². The van der Waals surface area contributed by atoms with Gasteiger partial charge in [0, 0.05) is 23.6 Å². The lowest BCUT2D eigenvalue weighted by molar-refractivity contribution is -0.151. The molecule has 3 rings (SSSR count). The summed E-state index contributed by atoms with van der Waals surface area (Å²) < 4.78 is 23.1. The number of nitrogens with one attached hydrogen (secondary N) is 2. The predicted octanol–water partition coefficient (Wildman–Crippen LogP) is 1.74. The third-order valence-electron chi connectivity index (χ3n) is 6.60. The van der Waals surface area contributed by atoms with Gasteiger partial charge in [-0.3, -0.25) is 19.2 Å². The molecule has 1 fully saturated rings. The number of likely N-dealkylation sites (tertiary alicyclic amines) is 1. The van der Waals surface area contributed by atoms with Gasteiger partial charge >= 0.3 is 5.97 Å². The molecule has 2 heterocycles. The number of sulfone groups is 1. The van der Waals surface area contributed by atoms with Crippen molar-refractivity contribution in [2.24, 2.45) is 11.3 Å². The van der Waals surface area contributed by atoms with E-state index in [1.807, 2.05) is 18.2 Å². The van der Waals surface area contributed by atoms with E-state index < -0.39 is 63.0 Å². The summed E-state index contributed by atoms with van der Waals surface area (Å²) in [5.41, 5.74) is 0.0776. The summed E-state index contributed by atoms with van der Waals surface area (Å²) in [4.78, 5) is 57.0. The van der Waals surface area contributed by atoms with Crippen LogP contribution in [-0.4, -0.2) is 78.0 Å². The van der Waals surface area contributed by atoms with Crippen molar-refractivity contribution in [1.82, 2.24) is 20.5 Å². The number of hydrogen-bond acceptors (Lipinski definition) is 7. The van der Waals surface area contributed by atoms with Crippen LogP contribution in [0.1, 0.15) is 44.6 Å². The Morgan fingerprint density at radius 2 is 1.77 bits per heavy atom. The van der Waals surface area contributed by atoms with Crippen LogP contribution in [0.25, 0.3) is 10.9 Å². The van der Waals surface area contributed by atoms with Crippen molar-refractivity contribution in [3.05, 3.63) is 53.6 Å². The van der Waals surface area contributed by atoms with E-state index in [1.54, 1.807) is 39.0 Å². The number of carbonyl (C=O) groups is 4. The molecule has 0 aliphatic carbocycles. The lowest BCUT2D eigenvalue weighted by Crippen LogP contribution is -2.65. The number of fused-ring (bicyclic) bond motifs is 1. The fraction of sp³-hybridized carbons (Fsp3) is 0.444. The van der Waals surface area contributed by atoms with Crippen molar-refractivity contribution in [1.29, 1.82) is 0 Å². The minimum Gasteiger partial charge on any atom is -0.481 e. The maximum absolute atomic E-state index is 13.6. The van der Waals surface area contributed by atoms with Gasteiger partial charge in [-0.2, -0.15) is 0 Å². The normalized spacial score (nSPS) is 18.2. The van der Waals surface area contributed by atoms with Crippen molar-refractivity contribution in [3.8, 4) is 0 Å². The first kappa shape index (κ1) is 29.8. The minimum absolute atomic E-state index is 0.150. The smallest absolute Gasteiger partial charge is 0.308 e. The molecule has 0 spiro atoms. The van der Waals surface area contributed by atoms with Crippen LogP contribution in [0.2, 0.25) is 0 Å². The van der Waals surface area contributed by atoms with Gasteiger partial charge in [0.05, 0.1) is 17.5 Å². The van der Waals surface area contributed by atoms with E-state index in [-0.39, 0.29) is 12.2 Å². The van der Waals surface area contributed by atoms with Gasteiger partial charge < -0.3 is 20.6 Å². The average Bonchev–Trinajstić information content (AvgIpc) is 2.81. The van der Waals surface area contributed by atoms with Crippen molar-refractivity contribution < 1.29 is 32.7 Å². The maximum Gasteiger partial charge on any atom is 0.308 e. The number of pyridine rings is 1. The number of benzene rings is 1. The quantitative estimate of drug-likeness (QED) is 0.419. The van der Waals surface area contributed by atoms with Crippen molar-refractivity contribution in [2.75, 3.05) is 12.8 Å².